The van der Waals surface area contributed by atoms with Crippen molar-refractivity contribution in [1.29, 1.82) is 0 Å². The number of nitrogens with one attached hydrogen (secondary N) is 1. The Bertz CT molecular complexity index is 1360. The molecule has 2 aliphatic rings. The van der Waals surface area contributed by atoms with E-state index >= 15 is 0 Å². The Morgan fingerprint density at radius 3 is 2.57 bits per heavy atom. The zero-order chi connectivity index (χ0) is 24.7. The molecule has 186 valence electrons. The second-order valence-corrected chi connectivity index (χ2v) is 12.2. The molecular formula is C25H29BrN4O4S. The largest absolute Gasteiger partial charge is 0.381 e. The van der Waals surface area contributed by atoms with Crippen LogP contribution in [-0.4, -0.2) is 57.2 Å². The first-order valence-corrected chi connectivity index (χ1v) is 14.5. The van der Waals surface area contributed by atoms with Gasteiger partial charge in [-0.25, -0.2) is 13.1 Å². The standard InChI is InChI=1S/C25H29BrN4O4S/c1-27-25(31)24-21-13-20(17-3-4-17)23(29(35(2,32)33)11-9-16-10-12-34-15-16)14-22(21)28-30(24)19-7-5-18(26)6-8-19/h5-8,13-14,16-17H,3-4,9-12,15H2,1-2H3,(H,27,31). The van der Waals surface area contributed by atoms with Crippen molar-refractivity contribution in [1.82, 2.24) is 15.1 Å². The van der Waals surface area contributed by atoms with Crippen molar-refractivity contribution in [2.24, 2.45) is 5.92 Å². The minimum absolute atomic E-state index is 0.244. The number of fused-ring (bicyclic) bond motifs is 1. The first-order chi connectivity index (χ1) is 16.8. The highest BCUT2D eigenvalue weighted by atomic mass is 79.9. The van der Waals surface area contributed by atoms with Gasteiger partial charge in [0, 0.05) is 36.7 Å². The fourth-order valence-corrected chi connectivity index (χ4v) is 5.97. The highest BCUT2D eigenvalue weighted by Crippen LogP contribution is 2.47. The summed E-state index contributed by atoms with van der Waals surface area (Å²) in [5.41, 5.74) is 3.41. The number of carbonyl (C=O) groups is 1. The van der Waals surface area contributed by atoms with Crippen molar-refractivity contribution in [3.8, 4) is 5.69 Å². The van der Waals surface area contributed by atoms with E-state index in [0.717, 1.165) is 53.4 Å². The lowest BCUT2D eigenvalue weighted by atomic mass is 10.0. The van der Waals surface area contributed by atoms with Crippen LogP contribution in [0.3, 0.4) is 0 Å². The quantitative estimate of drug-likeness (QED) is 0.445. The molecule has 5 rings (SSSR count). The van der Waals surface area contributed by atoms with E-state index < -0.39 is 10.0 Å². The normalized spacial score (nSPS) is 18.2. The van der Waals surface area contributed by atoms with Gasteiger partial charge in [0.25, 0.3) is 5.91 Å². The second-order valence-electron chi connectivity index (χ2n) is 9.37. The summed E-state index contributed by atoms with van der Waals surface area (Å²) < 4.78 is 35.5. The van der Waals surface area contributed by atoms with Gasteiger partial charge in [-0.3, -0.25) is 9.10 Å². The van der Waals surface area contributed by atoms with Gasteiger partial charge in [0.15, 0.2) is 0 Å². The Balaban J connectivity index is 1.66. The maximum atomic E-state index is 13.0. The fraction of sp³-hybridized carbons (Fsp3) is 0.440. The molecule has 2 aromatic carbocycles. The summed E-state index contributed by atoms with van der Waals surface area (Å²) in [6.45, 7) is 1.81. The van der Waals surface area contributed by atoms with Crippen LogP contribution in [0.15, 0.2) is 40.9 Å². The molecule has 0 radical (unpaired) electrons. The zero-order valence-electron chi connectivity index (χ0n) is 19.8. The van der Waals surface area contributed by atoms with Crippen LogP contribution in [-0.2, 0) is 14.8 Å². The van der Waals surface area contributed by atoms with Gasteiger partial charge < -0.3 is 10.1 Å². The van der Waals surface area contributed by atoms with E-state index in [-0.39, 0.29) is 11.8 Å². The molecule has 1 saturated heterocycles. The first-order valence-electron chi connectivity index (χ1n) is 11.9. The molecule has 1 atom stereocenters. The number of sulfonamides is 1. The number of amides is 1. The van der Waals surface area contributed by atoms with Gasteiger partial charge in [-0.2, -0.15) is 5.10 Å². The third kappa shape index (κ3) is 4.96. The smallest absolute Gasteiger partial charge is 0.270 e. The van der Waals surface area contributed by atoms with Gasteiger partial charge in [-0.1, -0.05) is 15.9 Å². The Hall–Kier alpha value is -2.43. The third-order valence-corrected chi connectivity index (χ3v) is 8.49. The molecule has 1 aliphatic carbocycles. The van der Waals surface area contributed by atoms with Crippen molar-refractivity contribution < 1.29 is 17.9 Å². The van der Waals surface area contributed by atoms with Crippen molar-refractivity contribution in [2.45, 2.75) is 31.6 Å². The van der Waals surface area contributed by atoms with Crippen LogP contribution >= 0.6 is 15.9 Å². The molecule has 8 nitrogen and oxygen atoms in total. The number of hydrogen-bond donors (Lipinski definition) is 1. The molecular weight excluding hydrogens is 532 g/mol. The summed E-state index contributed by atoms with van der Waals surface area (Å²) in [6, 6.07) is 11.4. The monoisotopic (exact) mass is 560 g/mol. The molecule has 0 bridgehead atoms. The predicted molar refractivity (Wildman–Crippen MR) is 140 cm³/mol. The SMILES string of the molecule is CNC(=O)c1c2cc(C3CC3)c(N(CCC3CCOC3)S(C)(=O)=O)cc2nn1-c1ccc(Br)cc1. The summed E-state index contributed by atoms with van der Waals surface area (Å²) in [6.07, 6.45) is 4.96. The van der Waals surface area contributed by atoms with Crippen molar-refractivity contribution in [3.05, 3.63) is 52.1 Å². The molecule has 2 heterocycles. The van der Waals surface area contributed by atoms with E-state index in [4.69, 9.17) is 9.84 Å². The van der Waals surface area contributed by atoms with E-state index in [2.05, 4.69) is 21.2 Å². The van der Waals surface area contributed by atoms with Crippen LogP contribution in [0.25, 0.3) is 16.6 Å². The molecule has 1 N–H and O–H groups in total. The van der Waals surface area contributed by atoms with Gasteiger partial charge in [0.2, 0.25) is 10.0 Å². The molecule has 1 unspecified atom stereocenters. The third-order valence-electron chi connectivity index (χ3n) is 6.78. The van der Waals surface area contributed by atoms with Crippen LogP contribution in [0.4, 0.5) is 5.69 Å². The number of halogens is 1. The Labute approximate surface area is 213 Å². The van der Waals surface area contributed by atoms with Gasteiger partial charge in [0.05, 0.1) is 23.1 Å². The number of anilines is 1. The van der Waals surface area contributed by atoms with Gasteiger partial charge in [-0.15, -0.1) is 0 Å². The number of rotatable bonds is 8. The van der Waals surface area contributed by atoms with Gasteiger partial charge in [0.1, 0.15) is 5.69 Å². The Morgan fingerprint density at radius 2 is 1.97 bits per heavy atom. The molecule has 2 fully saturated rings. The first kappa shape index (κ1) is 24.3. The molecule has 1 amide bonds. The Morgan fingerprint density at radius 1 is 1.23 bits per heavy atom. The number of carbonyl (C=O) groups excluding carboxylic acids is 1. The van der Waals surface area contributed by atoms with Gasteiger partial charge >= 0.3 is 0 Å². The maximum Gasteiger partial charge on any atom is 0.270 e. The number of benzene rings is 2. The minimum atomic E-state index is -3.51. The Kier molecular flexibility index (Phi) is 6.63. The lowest BCUT2D eigenvalue weighted by Crippen LogP contribution is -2.32. The summed E-state index contributed by atoms with van der Waals surface area (Å²) >= 11 is 3.45. The second kappa shape index (κ2) is 9.55. The minimum Gasteiger partial charge on any atom is -0.381 e. The summed E-state index contributed by atoms with van der Waals surface area (Å²) in [4.78, 5) is 13.0. The summed E-state index contributed by atoms with van der Waals surface area (Å²) in [5, 5.41) is 8.21. The van der Waals surface area contributed by atoms with Gasteiger partial charge in [-0.05, 0) is 79.5 Å². The molecule has 35 heavy (non-hydrogen) atoms. The molecule has 0 spiro atoms. The lowest BCUT2D eigenvalue weighted by molar-refractivity contribution is 0.0957. The van der Waals surface area contributed by atoms with E-state index in [0.29, 0.717) is 36.0 Å². The van der Waals surface area contributed by atoms with E-state index in [1.165, 1.54) is 10.6 Å². The zero-order valence-corrected chi connectivity index (χ0v) is 22.2. The number of ether oxygens (including phenoxy) is 1. The lowest BCUT2D eigenvalue weighted by Gasteiger charge is -2.26. The van der Waals surface area contributed by atoms with Crippen LogP contribution in [0, 0.1) is 5.92 Å². The average molecular weight is 562 g/mol. The molecule has 1 aromatic heterocycles. The van der Waals surface area contributed by atoms with E-state index in [9.17, 15) is 13.2 Å². The topological polar surface area (TPSA) is 93.5 Å². The maximum absolute atomic E-state index is 13.0. The van der Waals surface area contributed by atoms with Crippen LogP contribution < -0.4 is 9.62 Å². The number of aromatic nitrogens is 2. The predicted octanol–water partition coefficient (Wildman–Crippen LogP) is 4.22. The number of hydrogen-bond acceptors (Lipinski definition) is 5. The molecule has 10 heteroatoms. The highest BCUT2D eigenvalue weighted by Gasteiger charge is 2.33. The van der Waals surface area contributed by atoms with Crippen molar-refractivity contribution in [3.63, 3.8) is 0 Å². The van der Waals surface area contributed by atoms with Crippen molar-refractivity contribution in [2.75, 3.05) is 37.4 Å². The molecule has 1 aliphatic heterocycles. The number of nitrogens with zero attached hydrogens (tertiary/aromatic N) is 3. The highest BCUT2D eigenvalue weighted by molar-refractivity contribution is 9.10. The fourth-order valence-electron chi connectivity index (χ4n) is 4.76. The molecule has 1 saturated carbocycles. The van der Waals surface area contributed by atoms with E-state index in [1.807, 2.05) is 36.4 Å². The molecule has 3 aromatic rings. The summed E-state index contributed by atoms with van der Waals surface area (Å²) in [7, 11) is -1.92. The van der Waals surface area contributed by atoms with E-state index in [1.54, 1.807) is 11.7 Å². The van der Waals surface area contributed by atoms with Crippen LogP contribution in [0.5, 0.6) is 0 Å². The van der Waals surface area contributed by atoms with Crippen LogP contribution in [0.2, 0.25) is 0 Å². The summed E-state index contributed by atoms with van der Waals surface area (Å²) in [5.74, 6) is 0.400. The average Bonchev–Trinajstić information content (AvgIpc) is 3.40. The van der Waals surface area contributed by atoms with Crippen LogP contribution in [0.1, 0.15) is 47.7 Å². The van der Waals surface area contributed by atoms with Crippen molar-refractivity contribution >= 4 is 48.5 Å².